The molecule has 2 aromatic rings. The minimum atomic E-state index is -1.07. The summed E-state index contributed by atoms with van der Waals surface area (Å²) < 4.78 is 5.87. The first-order valence-corrected chi connectivity index (χ1v) is 8.44. The molecule has 0 bridgehead atoms. The van der Waals surface area contributed by atoms with Crippen molar-refractivity contribution in [1.29, 1.82) is 0 Å². The van der Waals surface area contributed by atoms with Crippen LogP contribution in [0.25, 0.3) is 0 Å². The van der Waals surface area contributed by atoms with E-state index in [4.69, 9.17) is 32.0 Å². The number of ether oxygens (including phenoxy) is 1. The largest absolute Gasteiger partial charge is 0.485 e. The average molecular weight is 405 g/mol. The minimum absolute atomic E-state index is 0.0138. The van der Waals surface area contributed by atoms with Gasteiger partial charge in [0.15, 0.2) is 10.8 Å². The molecule has 0 atom stereocenters. The fourth-order valence-electron chi connectivity index (χ4n) is 2.01. The van der Waals surface area contributed by atoms with Crippen LogP contribution in [0.4, 0.5) is 0 Å². The zero-order valence-corrected chi connectivity index (χ0v) is 16.1. The number of aromatic nitrogens is 2. The van der Waals surface area contributed by atoms with E-state index in [9.17, 15) is 4.79 Å². The lowest BCUT2D eigenvalue weighted by Crippen LogP contribution is -2.36. The van der Waals surface area contributed by atoms with Crippen LogP contribution >= 0.6 is 27.5 Å². The van der Waals surface area contributed by atoms with Crippen molar-refractivity contribution >= 4 is 43.2 Å². The van der Waals surface area contributed by atoms with Crippen molar-refractivity contribution in [3.8, 4) is 5.75 Å². The maximum Gasteiger partial charge on any atom is 0.289 e. The van der Waals surface area contributed by atoms with Gasteiger partial charge in [0.1, 0.15) is 6.61 Å². The van der Waals surface area contributed by atoms with Gasteiger partial charge >= 0.3 is 0 Å². The Bertz CT molecular complexity index is 781. The Morgan fingerprint density at radius 3 is 2.33 bits per heavy atom. The van der Waals surface area contributed by atoms with Crippen LogP contribution in [0.1, 0.15) is 31.9 Å². The minimum Gasteiger partial charge on any atom is -0.485 e. The van der Waals surface area contributed by atoms with Crippen molar-refractivity contribution in [2.24, 2.45) is 0 Å². The van der Waals surface area contributed by atoms with Gasteiger partial charge in [-0.1, -0.05) is 35.9 Å². The zero-order valence-electron chi connectivity index (χ0n) is 13.7. The smallest absolute Gasteiger partial charge is 0.289 e. The molecule has 0 saturated carbocycles. The fraction of sp³-hybridized carbons (Fsp3) is 0.375. The summed E-state index contributed by atoms with van der Waals surface area (Å²) in [6.07, 6.45) is 1.45. The van der Waals surface area contributed by atoms with E-state index >= 15 is 0 Å². The van der Waals surface area contributed by atoms with Gasteiger partial charge in [0.05, 0.1) is 27.4 Å². The molecule has 8 heteroatoms. The van der Waals surface area contributed by atoms with Crippen molar-refractivity contribution in [3.63, 3.8) is 0 Å². The molecule has 0 aliphatic heterocycles. The van der Waals surface area contributed by atoms with E-state index in [-0.39, 0.29) is 22.9 Å². The van der Waals surface area contributed by atoms with E-state index in [2.05, 4.69) is 21.0 Å². The summed E-state index contributed by atoms with van der Waals surface area (Å²) in [5.41, 5.74) is 0.777. The van der Waals surface area contributed by atoms with Gasteiger partial charge in [-0.3, -0.25) is 4.79 Å². The summed E-state index contributed by atoms with van der Waals surface area (Å²) in [6, 6.07) is 7.27. The molecule has 1 aromatic carbocycles. The third-order valence-corrected chi connectivity index (χ3v) is 4.12. The molecular formula is C16H16B2BrClN2O2. The molecule has 1 heterocycles. The lowest BCUT2D eigenvalue weighted by atomic mass is 9.66. The number of rotatable bonds is 4. The molecule has 122 valence electrons. The Hall–Kier alpha value is -1.20. The molecule has 4 nitrogen and oxygen atoms in total. The second kappa shape index (κ2) is 6.96. The Labute approximate surface area is 157 Å². The summed E-state index contributed by atoms with van der Waals surface area (Å²) >= 11 is 9.31. The Kier molecular flexibility index (Phi) is 5.55. The molecule has 0 saturated heterocycles. The van der Waals surface area contributed by atoms with Gasteiger partial charge in [0.25, 0.3) is 5.56 Å². The molecule has 0 unspecified atom stereocenters. The topological polar surface area (TPSA) is 44.1 Å². The van der Waals surface area contributed by atoms with Crippen LogP contribution in [0.5, 0.6) is 5.75 Å². The van der Waals surface area contributed by atoms with Gasteiger partial charge in [0, 0.05) is 0 Å². The monoisotopic (exact) mass is 404 g/mol. The normalized spacial score (nSPS) is 12.2. The van der Waals surface area contributed by atoms with E-state index < -0.39 is 9.66 Å². The summed E-state index contributed by atoms with van der Waals surface area (Å²) in [6.45, 7) is 5.86. The van der Waals surface area contributed by atoms with Crippen molar-refractivity contribution in [2.75, 3.05) is 0 Å². The van der Waals surface area contributed by atoms with Crippen LogP contribution in [0.2, 0.25) is 5.02 Å². The first-order chi connectivity index (χ1) is 11.0. The van der Waals surface area contributed by atoms with Crippen molar-refractivity contribution in [2.45, 2.75) is 37.0 Å². The average Bonchev–Trinajstić information content (AvgIpc) is 2.47. The number of halogens is 2. The van der Waals surface area contributed by atoms with Crippen LogP contribution in [0.15, 0.2) is 35.3 Å². The Morgan fingerprint density at radius 1 is 1.25 bits per heavy atom. The van der Waals surface area contributed by atoms with Crippen molar-refractivity contribution in [1.82, 2.24) is 9.78 Å². The van der Waals surface area contributed by atoms with E-state index in [0.717, 1.165) is 11.1 Å². The Balaban J connectivity index is 2.16. The molecule has 0 spiro atoms. The van der Waals surface area contributed by atoms with Gasteiger partial charge in [-0.15, -0.1) is 15.9 Å². The molecule has 4 radical (unpaired) electrons. The second-order valence-corrected chi connectivity index (χ2v) is 8.15. The van der Waals surface area contributed by atoms with Crippen LogP contribution < -0.4 is 10.3 Å². The highest BCUT2D eigenvalue weighted by Gasteiger charge is 2.20. The fourth-order valence-corrected chi connectivity index (χ4v) is 2.46. The predicted octanol–water partition coefficient (Wildman–Crippen LogP) is 3.07. The molecule has 2 rings (SSSR count). The Morgan fingerprint density at radius 2 is 1.83 bits per heavy atom. The molecule has 0 fully saturated rings. The number of benzene rings is 1. The highest BCUT2D eigenvalue weighted by Crippen LogP contribution is 2.25. The van der Waals surface area contributed by atoms with E-state index in [1.165, 1.54) is 10.9 Å². The lowest BCUT2D eigenvalue weighted by Gasteiger charge is -2.21. The standard InChI is InChI=1S/C16H16B2BrClN2O2/c1-15(2,3)22-14(23)13(20)12(8-21-22)24-9-10-4-6-11(7-5-10)16(17,18)19/h4-8H,9H2,1-3H3. The number of nitrogens with zero attached hydrogens (tertiary/aromatic N) is 2. The summed E-state index contributed by atoms with van der Waals surface area (Å²) in [5, 5.41) is 4.14. The van der Waals surface area contributed by atoms with E-state index in [1.54, 1.807) is 12.1 Å². The highest BCUT2D eigenvalue weighted by molar-refractivity contribution is 9.10. The third kappa shape index (κ3) is 4.45. The third-order valence-electron chi connectivity index (χ3n) is 3.31. The van der Waals surface area contributed by atoms with Crippen molar-refractivity contribution in [3.05, 3.63) is 57.0 Å². The summed E-state index contributed by atoms with van der Waals surface area (Å²) in [7, 11) is 11.5. The molecule has 0 aliphatic rings. The van der Waals surface area contributed by atoms with Crippen LogP contribution in [0, 0.1) is 0 Å². The molecule has 0 aliphatic carbocycles. The molecular weight excluding hydrogens is 389 g/mol. The number of hydrogen-bond donors (Lipinski definition) is 0. The van der Waals surface area contributed by atoms with Gasteiger partial charge in [-0.05, 0) is 36.0 Å². The zero-order chi connectivity index (χ0) is 18.1. The maximum atomic E-state index is 12.3. The maximum absolute atomic E-state index is 12.3. The predicted molar refractivity (Wildman–Crippen MR) is 101 cm³/mol. The quantitative estimate of drug-likeness (QED) is 0.580. The summed E-state index contributed by atoms with van der Waals surface area (Å²) in [5.74, 6) is 0.249. The molecule has 0 amide bonds. The van der Waals surface area contributed by atoms with Crippen LogP contribution in [0.3, 0.4) is 0 Å². The van der Waals surface area contributed by atoms with E-state index in [0.29, 0.717) is 0 Å². The molecule has 0 N–H and O–H groups in total. The highest BCUT2D eigenvalue weighted by atomic mass is 79.9. The van der Waals surface area contributed by atoms with Gasteiger partial charge in [-0.2, -0.15) is 5.10 Å². The first-order valence-electron chi connectivity index (χ1n) is 7.27. The van der Waals surface area contributed by atoms with Crippen molar-refractivity contribution < 1.29 is 4.74 Å². The molecule has 24 heavy (non-hydrogen) atoms. The van der Waals surface area contributed by atoms with Gasteiger partial charge in [-0.25, -0.2) is 4.68 Å². The van der Waals surface area contributed by atoms with Gasteiger partial charge in [0.2, 0.25) is 0 Å². The van der Waals surface area contributed by atoms with E-state index in [1.807, 2.05) is 32.9 Å². The second-order valence-electron chi connectivity index (χ2n) is 6.46. The number of alkyl halides is 1. The number of hydrogen-bond acceptors (Lipinski definition) is 3. The first kappa shape index (κ1) is 19.1. The molecule has 1 aromatic heterocycles. The summed E-state index contributed by atoms with van der Waals surface area (Å²) in [4.78, 5) is 12.3. The van der Waals surface area contributed by atoms with Crippen LogP contribution in [-0.4, -0.2) is 25.5 Å². The lowest BCUT2D eigenvalue weighted by molar-refractivity contribution is 0.292. The van der Waals surface area contributed by atoms with Crippen LogP contribution in [-0.2, 0) is 16.3 Å². The van der Waals surface area contributed by atoms with Gasteiger partial charge < -0.3 is 4.74 Å². The SMILES string of the molecule is [B]C([B])(Br)c1ccc(COc2cnn(C(C)(C)C)c(=O)c2Cl)cc1.